The Bertz CT molecular complexity index is 912. The van der Waals surface area contributed by atoms with Gasteiger partial charge in [0.25, 0.3) is 0 Å². The summed E-state index contributed by atoms with van der Waals surface area (Å²) in [6, 6.07) is 5.19. The number of carbonyl (C=O) groups is 4. The number of ether oxygens (including phenoxy) is 2. The van der Waals surface area contributed by atoms with Gasteiger partial charge in [-0.1, -0.05) is 55.8 Å². The van der Waals surface area contributed by atoms with Gasteiger partial charge in [-0.15, -0.1) is 0 Å². The lowest BCUT2D eigenvalue weighted by Gasteiger charge is -2.31. The fourth-order valence-corrected chi connectivity index (χ4v) is 4.71. The second kappa shape index (κ2) is 15.0. The molecule has 0 bridgehead atoms. The summed E-state index contributed by atoms with van der Waals surface area (Å²) in [4.78, 5) is 51.4. The molecule has 0 spiro atoms. The van der Waals surface area contributed by atoms with Gasteiger partial charge in [0.05, 0.1) is 18.6 Å². The zero-order valence-electron chi connectivity index (χ0n) is 22.4. The molecule has 8 nitrogen and oxygen atoms in total. The average Bonchev–Trinajstić information content (AvgIpc) is 2.87. The van der Waals surface area contributed by atoms with E-state index in [0.29, 0.717) is 17.4 Å². The number of hydrogen-bond donors (Lipinski definition) is 2. The van der Waals surface area contributed by atoms with Crippen molar-refractivity contribution in [2.45, 2.75) is 96.6 Å². The predicted molar refractivity (Wildman–Crippen MR) is 142 cm³/mol. The number of benzene rings is 1. The van der Waals surface area contributed by atoms with Gasteiger partial charge < -0.3 is 20.1 Å². The van der Waals surface area contributed by atoms with Crippen molar-refractivity contribution in [2.24, 2.45) is 5.92 Å². The van der Waals surface area contributed by atoms with Crippen LogP contribution in [0.3, 0.4) is 0 Å². The molecule has 2 N–H and O–H groups in total. The second-order valence-corrected chi connectivity index (χ2v) is 10.5. The smallest absolute Gasteiger partial charge is 0.328 e. The second-order valence-electron chi connectivity index (χ2n) is 10.1. The monoisotopic (exact) mass is 536 g/mol. The summed E-state index contributed by atoms with van der Waals surface area (Å²) < 4.78 is 10.1. The molecule has 0 heterocycles. The number of halogens is 1. The van der Waals surface area contributed by atoms with Crippen LogP contribution in [0.5, 0.6) is 0 Å². The van der Waals surface area contributed by atoms with Crippen LogP contribution in [0.1, 0.15) is 84.6 Å². The Balaban J connectivity index is 2.20. The minimum atomic E-state index is -1.02. The fraction of sp³-hybridized carbons (Fsp3) is 0.643. The first kappa shape index (κ1) is 30.6. The molecule has 1 aromatic carbocycles. The Morgan fingerprint density at radius 2 is 1.57 bits per heavy atom. The van der Waals surface area contributed by atoms with Gasteiger partial charge in [-0.05, 0) is 64.2 Å². The van der Waals surface area contributed by atoms with Gasteiger partial charge in [-0.2, -0.15) is 0 Å². The van der Waals surface area contributed by atoms with Gasteiger partial charge >= 0.3 is 11.9 Å². The van der Waals surface area contributed by atoms with E-state index in [0.717, 1.165) is 31.2 Å². The molecule has 2 atom stereocenters. The minimum Gasteiger partial charge on any atom is -0.466 e. The third-order valence-electron chi connectivity index (χ3n) is 6.88. The van der Waals surface area contributed by atoms with Crippen molar-refractivity contribution in [3.8, 4) is 0 Å². The molecule has 0 saturated heterocycles. The van der Waals surface area contributed by atoms with Crippen LogP contribution in [0.4, 0.5) is 0 Å². The van der Waals surface area contributed by atoms with E-state index in [-0.39, 0.29) is 32.0 Å². The lowest BCUT2D eigenvalue weighted by molar-refractivity contribution is -0.149. The van der Waals surface area contributed by atoms with Gasteiger partial charge in [0, 0.05) is 11.4 Å². The lowest BCUT2D eigenvalue weighted by Crippen LogP contribution is -2.55. The Hall–Kier alpha value is -2.61. The standard InChI is InChI=1S/C28H41ClN2O6/c1-5-36-24(32)17-16-22(26(34)37-6-2)30-25(33)23(18-19-10-8-7-9-11-19)31-27(35)28(3,4)20-12-14-21(29)15-13-20/h12-15,19,22-23H,5-11,16-18H2,1-4H3,(H,30,33)(H,31,35)/t22-,23+/m1/s1. The Kier molecular flexibility index (Phi) is 12.4. The normalized spacial score (nSPS) is 15.8. The molecule has 1 aliphatic rings. The van der Waals surface area contributed by atoms with E-state index in [1.807, 2.05) is 0 Å². The predicted octanol–water partition coefficient (Wildman–Crippen LogP) is 4.46. The van der Waals surface area contributed by atoms with E-state index in [4.69, 9.17) is 21.1 Å². The Morgan fingerprint density at radius 1 is 0.946 bits per heavy atom. The van der Waals surface area contributed by atoms with Crippen LogP contribution in [0, 0.1) is 5.92 Å². The molecule has 0 radical (unpaired) electrons. The van der Waals surface area contributed by atoms with E-state index >= 15 is 0 Å². The van der Waals surface area contributed by atoms with Crippen molar-refractivity contribution in [2.75, 3.05) is 13.2 Å². The molecule has 1 saturated carbocycles. The fourth-order valence-electron chi connectivity index (χ4n) is 4.58. The summed E-state index contributed by atoms with van der Waals surface area (Å²) in [7, 11) is 0. The van der Waals surface area contributed by atoms with Crippen molar-refractivity contribution in [1.29, 1.82) is 0 Å². The molecular weight excluding hydrogens is 496 g/mol. The van der Waals surface area contributed by atoms with Gasteiger partial charge in [-0.3, -0.25) is 14.4 Å². The zero-order chi connectivity index (χ0) is 27.4. The summed E-state index contributed by atoms with van der Waals surface area (Å²) >= 11 is 6.01. The highest BCUT2D eigenvalue weighted by Gasteiger charge is 2.35. The van der Waals surface area contributed by atoms with Gasteiger partial charge in [0.15, 0.2) is 0 Å². The number of esters is 2. The maximum Gasteiger partial charge on any atom is 0.328 e. The Labute approximate surface area is 225 Å². The van der Waals surface area contributed by atoms with E-state index in [9.17, 15) is 19.2 Å². The number of hydrogen-bond acceptors (Lipinski definition) is 6. The van der Waals surface area contributed by atoms with Crippen molar-refractivity contribution in [3.05, 3.63) is 34.9 Å². The van der Waals surface area contributed by atoms with Crippen LogP contribution in [0.15, 0.2) is 24.3 Å². The Morgan fingerprint density at radius 3 is 2.16 bits per heavy atom. The molecule has 206 valence electrons. The maximum absolute atomic E-state index is 13.5. The highest BCUT2D eigenvalue weighted by molar-refractivity contribution is 6.30. The quantitative estimate of drug-likeness (QED) is 0.360. The van der Waals surface area contributed by atoms with E-state index in [1.54, 1.807) is 52.0 Å². The lowest BCUT2D eigenvalue weighted by atomic mass is 9.82. The highest BCUT2D eigenvalue weighted by Crippen LogP contribution is 2.29. The molecule has 0 unspecified atom stereocenters. The first-order chi connectivity index (χ1) is 17.6. The summed E-state index contributed by atoms with van der Waals surface area (Å²) in [5.74, 6) is -1.55. The number of amides is 2. The first-order valence-corrected chi connectivity index (χ1v) is 13.7. The average molecular weight is 537 g/mol. The van der Waals surface area contributed by atoms with Crippen LogP contribution in [0.2, 0.25) is 5.02 Å². The first-order valence-electron chi connectivity index (χ1n) is 13.3. The topological polar surface area (TPSA) is 111 Å². The summed E-state index contributed by atoms with van der Waals surface area (Å²) in [6.07, 6.45) is 5.81. The van der Waals surface area contributed by atoms with Crippen LogP contribution >= 0.6 is 11.6 Å². The van der Waals surface area contributed by atoms with Gasteiger partial charge in [0.2, 0.25) is 11.8 Å². The van der Waals surface area contributed by atoms with Crippen molar-refractivity contribution in [1.82, 2.24) is 10.6 Å². The molecule has 1 fully saturated rings. The molecule has 37 heavy (non-hydrogen) atoms. The molecule has 9 heteroatoms. The molecule has 0 aliphatic heterocycles. The molecule has 1 aromatic rings. The summed E-state index contributed by atoms with van der Waals surface area (Å²) in [6.45, 7) is 7.33. The van der Waals surface area contributed by atoms with Crippen LogP contribution < -0.4 is 10.6 Å². The molecular formula is C28H41ClN2O6. The SMILES string of the molecule is CCOC(=O)CC[C@@H](NC(=O)[C@H](CC1CCCCC1)NC(=O)C(C)(C)c1ccc(Cl)cc1)C(=O)OCC. The number of rotatable bonds is 13. The third-order valence-corrected chi connectivity index (χ3v) is 7.13. The van der Waals surface area contributed by atoms with E-state index in [2.05, 4.69) is 10.6 Å². The van der Waals surface area contributed by atoms with E-state index in [1.165, 1.54) is 6.42 Å². The van der Waals surface area contributed by atoms with Crippen LogP contribution in [0.25, 0.3) is 0 Å². The van der Waals surface area contributed by atoms with Crippen molar-refractivity contribution in [3.63, 3.8) is 0 Å². The maximum atomic E-state index is 13.5. The zero-order valence-corrected chi connectivity index (χ0v) is 23.2. The van der Waals surface area contributed by atoms with Crippen LogP contribution in [-0.2, 0) is 34.1 Å². The van der Waals surface area contributed by atoms with Crippen molar-refractivity contribution >= 4 is 35.4 Å². The van der Waals surface area contributed by atoms with E-state index < -0.39 is 35.3 Å². The van der Waals surface area contributed by atoms with Gasteiger partial charge in [-0.25, -0.2) is 4.79 Å². The van der Waals surface area contributed by atoms with Gasteiger partial charge in [0.1, 0.15) is 12.1 Å². The molecule has 2 amide bonds. The van der Waals surface area contributed by atoms with Crippen LogP contribution in [-0.4, -0.2) is 49.1 Å². The summed E-state index contributed by atoms with van der Waals surface area (Å²) in [5, 5.41) is 6.26. The molecule has 2 rings (SSSR count). The van der Waals surface area contributed by atoms with Crippen molar-refractivity contribution < 1.29 is 28.7 Å². The molecule has 0 aromatic heterocycles. The number of carbonyl (C=O) groups excluding carboxylic acids is 4. The third kappa shape index (κ3) is 9.65. The minimum absolute atomic E-state index is 0.0408. The highest BCUT2D eigenvalue weighted by atomic mass is 35.5. The summed E-state index contributed by atoms with van der Waals surface area (Å²) in [5.41, 5.74) is -0.148. The largest absolute Gasteiger partial charge is 0.466 e. The number of nitrogens with one attached hydrogen (secondary N) is 2. The molecule has 1 aliphatic carbocycles.